The molecule has 4 aromatic rings. The molecule has 170 valence electrons. The Labute approximate surface area is 192 Å². The van der Waals surface area contributed by atoms with Crippen LogP contribution in [0.2, 0.25) is 0 Å². The number of hydrazine groups is 1. The Kier molecular flexibility index (Phi) is 5.95. The van der Waals surface area contributed by atoms with Crippen molar-refractivity contribution >= 4 is 23.6 Å². The van der Waals surface area contributed by atoms with E-state index in [-0.39, 0.29) is 22.6 Å². The largest absolute Gasteiger partial charge is 0.459 e. The van der Waals surface area contributed by atoms with Gasteiger partial charge in [0.15, 0.2) is 11.5 Å². The second-order valence-corrected chi connectivity index (χ2v) is 7.12. The summed E-state index contributed by atoms with van der Waals surface area (Å²) in [6.45, 7) is 0. The van der Waals surface area contributed by atoms with Crippen LogP contribution < -0.4 is 22.3 Å². The summed E-state index contributed by atoms with van der Waals surface area (Å²) in [5.74, 6) is -2.43. The van der Waals surface area contributed by atoms with Gasteiger partial charge in [-0.05, 0) is 47.5 Å². The Bertz CT molecular complexity index is 1280. The van der Waals surface area contributed by atoms with E-state index in [9.17, 15) is 19.2 Å². The smallest absolute Gasteiger partial charge is 0.285 e. The molecule has 0 bridgehead atoms. The summed E-state index contributed by atoms with van der Waals surface area (Å²) in [4.78, 5) is 47.6. The monoisotopic (exact) mass is 458 g/mol. The van der Waals surface area contributed by atoms with Gasteiger partial charge in [0.1, 0.15) is 0 Å². The number of hydrogen-bond acceptors (Lipinski definition) is 6. The van der Waals surface area contributed by atoms with Gasteiger partial charge < -0.3 is 20.3 Å². The van der Waals surface area contributed by atoms with Crippen LogP contribution in [-0.2, 0) is 0 Å². The van der Waals surface area contributed by atoms with Gasteiger partial charge in [0, 0.05) is 22.3 Å². The van der Waals surface area contributed by atoms with E-state index in [1.54, 1.807) is 36.4 Å². The van der Waals surface area contributed by atoms with E-state index in [0.717, 1.165) is 0 Å². The second-order valence-electron chi connectivity index (χ2n) is 7.12. The van der Waals surface area contributed by atoms with Crippen molar-refractivity contribution < 1.29 is 28.0 Å². The quantitative estimate of drug-likeness (QED) is 0.323. The van der Waals surface area contributed by atoms with Crippen LogP contribution in [0.1, 0.15) is 41.8 Å². The van der Waals surface area contributed by atoms with Crippen molar-refractivity contribution in [2.75, 3.05) is 0 Å². The maximum Gasteiger partial charge on any atom is 0.285 e. The average molecular weight is 458 g/mol. The molecule has 0 aliphatic carbocycles. The van der Waals surface area contributed by atoms with E-state index < -0.39 is 23.6 Å². The SMILES string of the molecule is NC(=O)c1occc1-c1ccc(C(=O)NNC(=O)c2ccc(-c3ccoc3C(N)=O)cc2)cc1. The van der Waals surface area contributed by atoms with Crippen molar-refractivity contribution in [2.45, 2.75) is 0 Å². The summed E-state index contributed by atoms with van der Waals surface area (Å²) in [5, 5.41) is 0. The fourth-order valence-corrected chi connectivity index (χ4v) is 3.31. The van der Waals surface area contributed by atoms with E-state index in [0.29, 0.717) is 22.3 Å². The summed E-state index contributed by atoms with van der Waals surface area (Å²) in [6, 6.07) is 15.8. The fourth-order valence-electron chi connectivity index (χ4n) is 3.31. The summed E-state index contributed by atoms with van der Waals surface area (Å²) in [6.07, 6.45) is 2.70. The Morgan fingerprint density at radius 3 is 1.24 bits per heavy atom. The predicted octanol–water partition coefficient (Wildman–Crippen LogP) is 2.48. The number of carbonyl (C=O) groups excluding carboxylic acids is 4. The van der Waals surface area contributed by atoms with Gasteiger partial charge >= 0.3 is 0 Å². The molecule has 0 aliphatic heterocycles. The highest BCUT2D eigenvalue weighted by molar-refractivity contribution is 6.01. The molecular formula is C24H18N4O6. The molecule has 2 aromatic heterocycles. The zero-order chi connectivity index (χ0) is 24.2. The normalized spacial score (nSPS) is 10.5. The summed E-state index contributed by atoms with van der Waals surface area (Å²) in [5.41, 5.74) is 18.1. The zero-order valence-electron chi connectivity index (χ0n) is 17.5. The molecule has 0 saturated carbocycles. The second kappa shape index (κ2) is 9.17. The highest BCUT2D eigenvalue weighted by Gasteiger charge is 2.16. The van der Waals surface area contributed by atoms with Gasteiger partial charge in [-0.1, -0.05) is 24.3 Å². The fraction of sp³-hybridized carbons (Fsp3) is 0. The van der Waals surface area contributed by atoms with E-state index in [4.69, 9.17) is 20.3 Å². The molecule has 0 fully saturated rings. The van der Waals surface area contributed by atoms with E-state index in [1.165, 1.54) is 36.8 Å². The topological polar surface area (TPSA) is 171 Å². The number of nitrogens with one attached hydrogen (secondary N) is 2. The molecule has 4 rings (SSSR count). The molecule has 10 heteroatoms. The van der Waals surface area contributed by atoms with Crippen molar-refractivity contribution in [3.8, 4) is 22.3 Å². The van der Waals surface area contributed by atoms with Crippen LogP contribution in [0.15, 0.2) is 82.0 Å². The molecule has 6 N–H and O–H groups in total. The Balaban J connectivity index is 1.38. The number of furan rings is 2. The van der Waals surface area contributed by atoms with Crippen LogP contribution in [0.25, 0.3) is 22.3 Å². The maximum atomic E-state index is 12.4. The highest BCUT2D eigenvalue weighted by Crippen LogP contribution is 2.26. The Hall–Kier alpha value is -5.12. The number of hydrogen-bond donors (Lipinski definition) is 4. The molecule has 0 unspecified atom stereocenters. The lowest BCUT2D eigenvalue weighted by molar-refractivity contribution is 0.0846. The lowest BCUT2D eigenvalue weighted by Gasteiger charge is -2.09. The van der Waals surface area contributed by atoms with E-state index in [1.807, 2.05) is 0 Å². The highest BCUT2D eigenvalue weighted by atomic mass is 16.3. The number of nitrogens with two attached hydrogens (primary N) is 2. The minimum Gasteiger partial charge on any atom is -0.459 e. The third-order valence-corrected chi connectivity index (χ3v) is 4.98. The number of primary amides is 2. The first kappa shape index (κ1) is 22.1. The van der Waals surface area contributed by atoms with E-state index >= 15 is 0 Å². The van der Waals surface area contributed by atoms with Gasteiger partial charge in [-0.15, -0.1) is 0 Å². The molecule has 34 heavy (non-hydrogen) atoms. The summed E-state index contributed by atoms with van der Waals surface area (Å²) in [7, 11) is 0. The molecule has 4 amide bonds. The van der Waals surface area contributed by atoms with Gasteiger partial charge in [-0.2, -0.15) is 0 Å². The molecule has 0 aliphatic rings. The van der Waals surface area contributed by atoms with Crippen molar-refractivity contribution in [1.82, 2.24) is 10.9 Å². The zero-order valence-corrected chi connectivity index (χ0v) is 17.5. The lowest BCUT2D eigenvalue weighted by Crippen LogP contribution is -2.41. The molecule has 0 spiro atoms. The van der Waals surface area contributed by atoms with Crippen LogP contribution in [0.4, 0.5) is 0 Å². The van der Waals surface area contributed by atoms with E-state index in [2.05, 4.69) is 10.9 Å². The first-order valence-corrected chi connectivity index (χ1v) is 9.91. The van der Waals surface area contributed by atoms with Crippen LogP contribution >= 0.6 is 0 Å². The number of amides is 4. The van der Waals surface area contributed by atoms with Gasteiger partial charge in [-0.25, -0.2) is 0 Å². The predicted molar refractivity (Wildman–Crippen MR) is 120 cm³/mol. The van der Waals surface area contributed by atoms with Gasteiger partial charge in [0.25, 0.3) is 23.6 Å². The van der Waals surface area contributed by atoms with Crippen molar-refractivity contribution in [3.63, 3.8) is 0 Å². The number of rotatable bonds is 6. The standard InChI is InChI=1S/C24H18N4O6/c25-21(29)19-17(9-11-33-19)13-1-5-15(6-2-13)23(31)27-28-24(32)16-7-3-14(4-8-16)18-10-12-34-20(18)22(26)30/h1-12H,(H2,25,29)(H2,26,30)(H,27,31)(H,28,32). The van der Waals surface area contributed by atoms with Gasteiger partial charge in [-0.3, -0.25) is 30.0 Å². The van der Waals surface area contributed by atoms with Crippen molar-refractivity contribution in [3.05, 3.63) is 95.8 Å². The number of carbonyl (C=O) groups is 4. The lowest BCUT2D eigenvalue weighted by atomic mass is 10.0. The third kappa shape index (κ3) is 4.41. The van der Waals surface area contributed by atoms with Crippen LogP contribution in [0.5, 0.6) is 0 Å². The van der Waals surface area contributed by atoms with Gasteiger partial charge in [0.2, 0.25) is 0 Å². The number of benzene rings is 2. The minimum absolute atomic E-state index is 0.0223. The van der Waals surface area contributed by atoms with Crippen LogP contribution in [-0.4, -0.2) is 23.6 Å². The first-order valence-electron chi connectivity index (χ1n) is 9.91. The van der Waals surface area contributed by atoms with Crippen molar-refractivity contribution in [2.24, 2.45) is 11.5 Å². The summed E-state index contributed by atoms with van der Waals surface area (Å²) < 4.78 is 10.2. The minimum atomic E-state index is -0.698. The molecule has 0 radical (unpaired) electrons. The maximum absolute atomic E-state index is 12.4. The van der Waals surface area contributed by atoms with Crippen molar-refractivity contribution in [1.29, 1.82) is 0 Å². The molecular weight excluding hydrogens is 440 g/mol. The molecule has 2 aromatic carbocycles. The Morgan fingerprint density at radius 1 is 0.559 bits per heavy atom. The molecule has 0 saturated heterocycles. The van der Waals surface area contributed by atoms with Gasteiger partial charge in [0.05, 0.1) is 12.5 Å². The van der Waals surface area contributed by atoms with Crippen LogP contribution in [0.3, 0.4) is 0 Å². The first-order chi connectivity index (χ1) is 16.3. The molecule has 2 heterocycles. The average Bonchev–Trinajstić information content (AvgIpc) is 3.53. The van der Waals surface area contributed by atoms with Crippen LogP contribution in [0, 0.1) is 0 Å². The molecule has 0 atom stereocenters. The third-order valence-electron chi connectivity index (χ3n) is 4.98. The summed E-state index contributed by atoms with van der Waals surface area (Å²) >= 11 is 0. The molecule has 10 nitrogen and oxygen atoms in total. The Morgan fingerprint density at radius 2 is 0.912 bits per heavy atom.